The van der Waals surface area contributed by atoms with E-state index in [4.69, 9.17) is 5.73 Å². The molecule has 98 valence electrons. The highest BCUT2D eigenvalue weighted by molar-refractivity contribution is 5.79. The molecule has 0 saturated heterocycles. The van der Waals surface area contributed by atoms with Gasteiger partial charge in [0.15, 0.2) is 0 Å². The van der Waals surface area contributed by atoms with Crippen molar-refractivity contribution in [3.63, 3.8) is 0 Å². The molecule has 0 aromatic carbocycles. The van der Waals surface area contributed by atoms with E-state index in [0.717, 1.165) is 32.1 Å². The second-order valence-electron chi connectivity index (χ2n) is 5.78. The van der Waals surface area contributed by atoms with Gasteiger partial charge in [0.2, 0.25) is 5.91 Å². The molecule has 0 aromatic heterocycles. The Labute approximate surface area is 103 Å². The van der Waals surface area contributed by atoms with E-state index in [9.17, 15) is 9.90 Å². The summed E-state index contributed by atoms with van der Waals surface area (Å²) < 4.78 is 0. The Bertz CT molecular complexity index is 275. The maximum Gasteiger partial charge on any atom is 0.224 e. The van der Waals surface area contributed by atoms with Crippen molar-refractivity contribution in [2.45, 2.75) is 51.0 Å². The maximum atomic E-state index is 12.0. The fourth-order valence-electron chi connectivity index (χ4n) is 3.24. The molecule has 2 aliphatic carbocycles. The lowest BCUT2D eigenvalue weighted by atomic mass is 9.87. The van der Waals surface area contributed by atoms with Gasteiger partial charge in [0.05, 0.1) is 12.5 Å². The number of hydrogen-bond donors (Lipinski definition) is 3. The van der Waals surface area contributed by atoms with Crippen LogP contribution in [0.1, 0.15) is 44.9 Å². The minimum atomic E-state index is -0.0572. The molecule has 2 fully saturated rings. The first-order valence-corrected chi connectivity index (χ1v) is 6.81. The Hall–Kier alpha value is -0.610. The summed E-state index contributed by atoms with van der Waals surface area (Å²) in [7, 11) is 0. The largest absolute Gasteiger partial charge is 0.396 e. The van der Waals surface area contributed by atoms with Crippen LogP contribution in [-0.2, 0) is 4.79 Å². The minimum absolute atomic E-state index is 0.00727. The van der Waals surface area contributed by atoms with Crippen molar-refractivity contribution in [1.82, 2.24) is 5.32 Å². The number of carbonyl (C=O) groups is 1. The van der Waals surface area contributed by atoms with E-state index < -0.39 is 0 Å². The first-order chi connectivity index (χ1) is 8.17. The van der Waals surface area contributed by atoms with Gasteiger partial charge in [-0.2, -0.15) is 0 Å². The van der Waals surface area contributed by atoms with Gasteiger partial charge in [0, 0.05) is 18.0 Å². The summed E-state index contributed by atoms with van der Waals surface area (Å²) in [5, 5.41) is 12.5. The third kappa shape index (κ3) is 2.80. The standard InChI is InChI=1S/C13H24N2O2/c14-11-5-3-4-10(11)12(17)15-8-13(9-16)6-1-2-7-13/h10-11,16H,1-9,14H2,(H,15,17). The average Bonchev–Trinajstić information content (AvgIpc) is 2.95. The summed E-state index contributed by atoms with van der Waals surface area (Å²) in [6, 6.07) is 0.0312. The van der Waals surface area contributed by atoms with Gasteiger partial charge in [-0.25, -0.2) is 0 Å². The Morgan fingerprint density at radius 3 is 2.53 bits per heavy atom. The SMILES string of the molecule is NC1CCCC1C(=O)NCC1(CO)CCCC1. The van der Waals surface area contributed by atoms with E-state index in [1.807, 2.05) is 0 Å². The van der Waals surface area contributed by atoms with Crippen LogP contribution in [0, 0.1) is 11.3 Å². The third-order valence-corrected chi connectivity index (χ3v) is 4.54. The zero-order valence-corrected chi connectivity index (χ0v) is 10.5. The van der Waals surface area contributed by atoms with Crippen LogP contribution in [0.5, 0.6) is 0 Å². The predicted octanol–water partition coefficient (Wildman–Crippen LogP) is 0.783. The number of rotatable bonds is 4. The van der Waals surface area contributed by atoms with E-state index in [1.165, 1.54) is 12.8 Å². The van der Waals surface area contributed by atoms with Gasteiger partial charge < -0.3 is 16.2 Å². The number of nitrogens with one attached hydrogen (secondary N) is 1. The molecule has 2 unspecified atom stereocenters. The van der Waals surface area contributed by atoms with Gasteiger partial charge in [0.25, 0.3) is 0 Å². The highest BCUT2D eigenvalue weighted by Crippen LogP contribution is 2.37. The normalized spacial score (nSPS) is 31.6. The molecule has 0 aromatic rings. The molecule has 17 heavy (non-hydrogen) atoms. The zero-order valence-electron chi connectivity index (χ0n) is 10.5. The summed E-state index contributed by atoms with van der Waals surface area (Å²) >= 11 is 0. The van der Waals surface area contributed by atoms with E-state index in [-0.39, 0.29) is 29.9 Å². The molecule has 2 rings (SSSR count). The smallest absolute Gasteiger partial charge is 0.224 e. The molecule has 2 saturated carbocycles. The Kier molecular flexibility index (Phi) is 4.05. The van der Waals surface area contributed by atoms with Crippen LogP contribution in [-0.4, -0.2) is 30.2 Å². The average molecular weight is 240 g/mol. The highest BCUT2D eigenvalue weighted by atomic mass is 16.3. The summed E-state index contributed by atoms with van der Waals surface area (Å²) in [4.78, 5) is 12.0. The van der Waals surface area contributed by atoms with E-state index in [2.05, 4.69) is 5.32 Å². The van der Waals surface area contributed by atoms with Crippen molar-refractivity contribution in [2.24, 2.45) is 17.1 Å². The van der Waals surface area contributed by atoms with Gasteiger partial charge in [-0.15, -0.1) is 0 Å². The van der Waals surface area contributed by atoms with Crippen LogP contribution in [0.3, 0.4) is 0 Å². The fourth-order valence-corrected chi connectivity index (χ4v) is 3.24. The van der Waals surface area contributed by atoms with Gasteiger partial charge >= 0.3 is 0 Å². The molecule has 2 atom stereocenters. The van der Waals surface area contributed by atoms with Gasteiger partial charge in [-0.1, -0.05) is 19.3 Å². The lowest BCUT2D eigenvalue weighted by Crippen LogP contribution is -2.44. The molecule has 4 heteroatoms. The molecule has 4 nitrogen and oxygen atoms in total. The summed E-state index contributed by atoms with van der Waals surface area (Å²) in [5.74, 6) is 0.0851. The van der Waals surface area contributed by atoms with Gasteiger partial charge in [-0.3, -0.25) is 4.79 Å². The number of aliphatic hydroxyl groups excluding tert-OH is 1. The van der Waals surface area contributed by atoms with Crippen LogP contribution in [0.4, 0.5) is 0 Å². The second kappa shape index (κ2) is 5.36. The first kappa shape index (κ1) is 12.8. The second-order valence-corrected chi connectivity index (χ2v) is 5.78. The van der Waals surface area contributed by atoms with Crippen molar-refractivity contribution in [2.75, 3.05) is 13.2 Å². The van der Waals surface area contributed by atoms with Crippen LogP contribution < -0.4 is 11.1 Å². The lowest BCUT2D eigenvalue weighted by Gasteiger charge is -2.27. The van der Waals surface area contributed by atoms with Crippen molar-refractivity contribution >= 4 is 5.91 Å². The van der Waals surface area contributed by atoms with Crippen molar-refractivity contribution < 1.29 is 9.90 Å². The van der Waals surface area contributed by atoms with Crippen LogP contribution >= 0.6 is 0 Å². The highest BCUT2D eigenvalue weighted by Gasteiger charge is 2.35. The molecule has 4 N–H and O–H groups in total. The summed E-state index contributed by atoms with van der Waals surface area (Å²) in [6.07, 6.45) is 7.33. The number of nitrogens with two attached hydrogens (primary N) is 1. The lowest BCUT2D eigenvalue weighted by molar-refractivity contribution is -0.125. The van der Waals surface area contributed by atoms with Gasteiger partial charge in [-0.05, 0) is 25.7 Å². The minimum Gasteiger partial charge on any atom is -0.396 e. The topological polar surface area (TPSA) is 75.4 Å². The molecular weight excluding hydrogens is 216 g/mol. The molecule has 0 heterocycles. The van der Waals surface area contributed by atoms with E-state index in [0.29, 0.717) is 6.54 Å². The number of carbonyl (C=O) groups excluding carboxylic acids is 1. The van der Waals surface area contributed by atoms with Crippen LogP contribution in [0.25, 0.3) is 0 Å². The predicted molar refractivity (Wildman–Crippen MR) is 66.3 cm³/mol. The molecule has 2 aliphatic rings. The van der Waals surface area contributed by atoms with E-state index >= 15 is 0 Å². The summed E-state index contributed by atoms with van der Waals surface area (Å²) in [5.41, 5.74) is 5.86. The van der Waals surface area contributed by atoms with E-state index in [1.54, 1.807) is 0 Å². The van der Waals surface area contributed by atoms with Crippen molar-refractivity contribution in [3.8, 4) is 0 Å². The van der Waals surface area contributed by atoms with Crippen LogP contribution in [0.15, 0.2) is 0 Å². The van der Waals surface area contributed by atoms with Crippen molar-refractivity contribution in [1.29, 1.82) is 0 Å². The first-order valence-electron chi connectivity index (χ1n) is 6.81. The third-order valence-electron chi connectivity index (χ3n) is 4.54. The summed E-state index contributed by atoms with van der Waals surface area (Å²) in [6.45, 7) is 0.801. The Balaban J connectivity index is 1.82. The molecular formula is C13H24N2O2. The molecule has 0 aliphatic heterocycles. The maximum absolute atomic E-state index is 12.0. The molecule has 0 radical (unpaired) electrons. The fraction of sp³-hybridized carbons (Fsp3) is 0.923. The quantitative estimate of drug-likeness (QED) is 0.680. The number of hydrogen-bond acceptors (Lipinski definition) is 3. The Morgan fingerprint density at radius 2 is 2.00 bits per heavy atom. The Morgan fingerprint density at radius 1 is 1.29 bits per heavy atom. The zero-order chi connectivity index (χ0) is 12.3. The molecule has 1 amide bonds. The number of aliphatic hydroxyl groups is 1. The van der Waals surface area contributed by atoms with Crippen LogP contribution in [0.2, 0.25) is 0 Å². The van der Waals surface area contributed by atoms with Crippen molar-refractivity contribution in [3.05, 3.63) is 0 Å². The molecule has 0 spiro atoms. The number of amides is 1. The molecule has 0 bridgehead atoms. The van der Waals surface area contributed by atoms with Gasteiger partial charge in [0.1, 0.15) is 0 Å². The monoisotopic (exact) mass is 240 g/mol.